The number of unbranched alkanes of at least 4 members (excludes halogenated alkanes) is 1. The lowest BCUT2D eigenvalue weighted by Gasteiger charge is -2.60. The number of ether oxygens (including phenoxy) is 1. The molecule has 6 rings (SSSR count). The van der Waals surface area contributed by atoms with Gasteiger partial charge in [-0.25, -0.2) is 0 Å². The molecule has 7 unspecified atom stereocenters. The first kappa shape index (κ1) is 49.4. The van der Waals surface area contributed by atoms with Crippen LogP contribution in [0, 0.1) is 40.4 Å². The summed E-state index contributed by atoms with van der Waals surface area (Å²) in [4.78, 5) is 13.7. The zero-order chi connectivity index (χ0) is 44.9. The number of fused-ring (bicyclic) bond motifs is 5. The number of carbonyl (C=O) groups excluding carboxylic acids is 1. The minimum Gasteiger partial charge on any atom is -0.507 e. The number of rotatable bonds is 9. The highest BCUT2D eigenvalue weighted by molar-refractivity contribution is 8.18. The highest BCUT2D eigenvalue weighted by Crippen LogP contribution is 2.68. The molecule has 0 saturated heterocycles. The van der Waals surface area contributed by atoms with Gasteiger partial charge >= 0.3 is 0 Å². The number of benzene rings is 2. The van der Waals surface area contributed by atoms with Gasteiger partial charge in [0, 0.05) is 32.0 Å². The quantitative estimate of drug-likeness (QED) is 0.155. The fourth-order valence-corrected chi connectivity index (χ4v) is 15.3. The summed E-state index contributed by atoms with van der Waals surface area (Å²) >= 11 is 3.63. The van der Waals surface area contributed by atoms with Gasteiger partial charge in [0.2, 0.25) is 0 Å². The Labute approximate surface area is 377 Å². The minimum atomic E-state index is -0.196. The van der Waals surface area contributed by atoms with Crippen LogP contribution in [0.15, 0.2) is 34.1 Å². The molecule has 0 radical (unpaired) electrons. The molecule has 0 amide bonds. The van der Waals surface area contributed by atoms with E-state index in [1.807, 2.05) is 23.5 Å². The number of hydrogen-bond donors (Lipinski definition) is 1. The first-order chi connectivity index (χ1) is 27.6. The van der Waals surface area contributed by atoms with E-state index in [1.165, 1.54) is 32.1 Å². The molecule has 0 spiro atoms. The Kier molecular flexibility index (Phi) is 14.9. The van der Waals surface area contributed by atoms with Gasteiger partial charge in [0.15, 0.2) is 0 Å². The van der Waals surface area contributed by atoms with Crippen LogP contribution < -0.4 is 4.74 Å². The summed E-state index contributed by atoms with van der Waals surface area (Å²) < 4.78 is 5.39. The highest BCUT2D eigenvalue weighted by atomic mass is 32.2. The molecule has 4 aliphatic carbocycles. The Bertz CT molecular complexity index is 1730. The Morgan fingerprint density at radius 2 is 1.15 bits per heavy atom. The lowest BCUT2D eigenvalue weighted by Crippen LogP contribution is -2.52. The first-order valence-corrected chi connectivity index (χ1v) is 25.8. The highest BCUT2D eigenvalue weighted by Gasteiger charge is 2.59. The largest absolute Gasteiger partial charge is 0.507 e. The maximum Gasteiger partial charge on any atom is 0.298 e. The van der Waals surface area contributed by atoms with Crippen molar-refractivity contribution in [2.24, 2.45) is 40.4 Å². The molecule has 0 heterocycles. The molecule has 2 aromatic rings. The fourth-order valence-electron chi connectivity index (χ4n) is 12.7. The van der Waals surface area contributed by atoms with E-state index < -0.39 is 0 Å². The van der Waals surface area contributed by atoms with E-state index in [0.29, 0.717) is 23.4 Å². The van der Waals surface area contributed by atoms with E-state index in [9.17, 15) is 9.90 Å². The molecule has 1 N–H and O–H groups in total. The van der Waals surface area contributed by atoms with E-state index in [2.05, 4.69) is 142 Å². The third-order valence-electron chi connectivity index (χ3n) is 16.0. The van der Waals surface area contributed by atoms with Crippen molar-refractivity contribution in [3.63, 3.8) is 0 Å². The van der Waals surface area contributed by atoms with Crippen molar-refractivity contribution in [2.45, 2.75) is 237 Å². The van der Waals surface area contributed by atoms with Crippen LogP contribution in [-0.4, -0.2) is 15.7 Å². The summed E-state index contributed by atoms with van der Waals surface area (Å²) in [5.41, 5.74) is 4.74. The van der Waals surface area contributed by atoms with Crippen molar-refractivity contribution < 1.29 is 14.6 Å². The van der Waals surface area contributed by atoms with Crippen LogP contribution >= 0.6 is 23.5 Å². The van der Waals surface area contributed by atoms with Gasteiger partial charge in [0.25, 0.3) is 6.47 Å². The van der Waals surface area contributed by atoms with Crippen molar-refractivity contribution in [2.75, 3.05) is 0 Å². The maximum atomic E-state index is 11.4. The Morgan fingerprint density at radius 1 is 0.650 bits per heavy atom. The lowest BCUT2D eigenvalue weighted by molar-refractivity contribution is -0.120. The van der Waals surface area contributed by atoms with Gasteiger partial charge in [-0.15, -0.1) is 23.5 Å². The predicted octanol–water partition coefficient (Wildman–Crippen LogP) is 17.0. The summed E-state index contributed by atoms with van der Waals surface area (Å²) in [7, 11) is 0. The summed E-state index contributed by atoms with van der Waals surface area (Å²) in [6.45, 7) is 38.6. The topological polar surface area (TPSA) is 46.5 Å². The molecule has 4 fully saturated rings. The number of hydrogen-bond acceptors (Lipinski definition) is 5. The van der Waals surface area contributed by atoms with Crippen LogP contribution in [0.3, 0.4) is 0 Å². The van der Waals surface area contributed by atoms with Crippen LogP contribution in [0.4, 0.5) is 0 Å². The van der Waals surface area contributed by atoms with Crippen LogP contribution in [0.1, 0.15) is 223 Å². The summed E-state index contributed by atoms with van der Waals surface area (Å²) in [6, 6.07) is 8.66. The van der Waals surface area contributed by atoms with Gasteiger partial charge in [0.1, 0.15) is 11.5 Å². The van der Waals surface area contributed by atoms with Gasteiger partial charge in [-0.1, -0.05) is 130 Å². The summed E-state index contributed by atoms with van der Waals surface area (Å²) in [5.74, 6) is 6.50. The first-order valence-electron chi connectivity index (χ1n) is 24.1. The molecular weight excluding hydrogens is 773 g/mol. The average molecular weight is 861 g/mol. The third-order valence-corrected chi connectivity index (χ3v) is 18.4. The fraction of sp³-hybridized carbons (Fsp3) is 0.764. The molecule has 2 aromatic carbocycles. The molecule has 0 aromatic heterocycles. The van der Waals surface area contributed by atoms with E-state index in [1.54, 1.807) is 51.4 Å². The summed E-state index contributed by atoms with van der Waals surface area (Å²) in [6.07, 6.45) is 20.0. The van der Waals surface area contributed by atoms with Gasteiger partial charge in [-0.05, 0) is 158 Å². The van der Waals surface area contributed by atoms with Crippen molar-refractivity contribution in [3.05, 3.63) is 46.5 Å². The number of phenolic OH excluding ortho intramolecular Hbond substituents is 1. The second-order valence-electron chi connectivity index (χ2n) is 24.9. The maximum absolute atomic E-state index is 11.4. The molecule has 5 heteroatoms. The number of thioether (sulfide) groups is 2. The molecule has 4 saturated carbocycles. The van der Waals surface area contributed by atoms with Crippen molar-refractivity contribution in [1.82, 2.24) is 0 Å². The standard InChI is InChI=1S/C32H48O3S2.C23H40/c1-28(2,3)22-15-20(16-23(26(22)34)29(4,5)6)36-32(13,14)37-21-17-24(30(7,8)9)27(35-19-33)25(18-21)31(10,11)12;1-4-5-8-17-11-13-20-19-12-10-18-9-6-7-15-22(18,2)21(19)14-16-23(17,20)3/h15-19,34H,1-14H3;17-21H,4-16H2,1-3H3. The van der Waals surface area contributed by atoms with E-state index in [-0.39, 0.29) is 25.7 Å². The van der Waals surface area contributed by atoms with Crippen molar-refractivity contribution >= 4 is 30.0 Å². The number of aromatic hydroxyl groups is 1. The zero-order valence-electron chi connectivity index (χ0n) is 41.5. The van der Waals surface area contributed by atoms with Crippen molar-refractivity contribution in [1.29, 1.82) is 0 Å². The van der Waals surface area contributed by atoms with E-state index in [4.69, 9.17) is 4.74 Å². The number of carbonyl (C=O) groups is 1. The molecule has 4 aliphatic rings. The smallest absolute Gasteiger partial charge is 0.298 e. The predicted molar refractivity (Wildman–Crippen MR) is 261 cm³/mol. The molecule has 0 bridgehead atoms. The van der Waals surface area contributed by atoms with Gasteiger partial charge in [0.05, 0.1) is 4.08 Å². The van der Waals surface area contributed by atoms with E-state index >= 15 is 0 Å². The molecular formula is C55H88O3S2. The SMILES string of the molecule is CC(C)(Sc1cc(C(C)(C)C)c(O)c(C(C)(C)C)c1)Sc1cc(C(C)(C)C)c(OC=O)c(C(C)(C)C)c1.CCCCC1CCC2C3CCC4CCCCC4(C)C3CCC12C. The third kappa shape index (κ3) is 10.7. The van der Waals surface area contributed by atoms with Gasteiger partial charge < -0.3 is 9.84 Å². The molecule has 3 nitrogen and oxygen atoms in total. The Balaban J connectivity index is 0.000000251. The molecule has 60 heavy (non-hydrogen) atoms. The van der Waals surface area contributed by atoms with Crippen LogP contribution in [0.2, 0.25) is 0 Å². The molecule has 0 aliphatic heterocycles. The minimum absolute atomic E-state index is 0.171. The van der Waals surface area contributed by atoms with Crippen LogP contribution in [-0.2, 0) is 26.5 Å². The average Bonchev–Trinajstić information content (AvgIpc) is 3.45. The summed E-state index contributed by atoms with van der Waals surface area (Å²) in [5, 5.41) is 11.2. The monoisotopic (exact) mass is 861 g/mol. The van der Waals surface area contributed by atoms with Crippen LogP contribution in [0.5, 0.6) is 11.5 Å². The lowest BCUT2D eigenvalue weighted by atomic mass is 9.45. The second kappa shape index (κ2) is 18.1. The molecule has 7 atom stereocenters. The number of phenols is 1. The van der Waals surface area contributed by atoms with E-state index in [0.717, 1.165) is 67.0 Å². The second-order valence-corrected chi connectivity index (χ2v) is 28.5. The van der Waals surface area contributed by atoms with Gasteiger partial charge in [-0.2, -0.15) is 0 Å². The Hall–Kier alpha value is -1.59. The van der Waals surface area contributed by atoms with Crippen molar-refractivity contribution in [3.8, 4) is 11.5 Å². The molecule has 338 valence electrons. The van der Waals surface area contributed by atoms with Crippen LogP contribution in [0.25, 0.3) is 0 Å². The zero-order valence-corrected chi connectivity index (χ0v) is 43.2. The van der Waals surface area contributed by atoms with Gasteiger partial charge in [-0.3, -0.25) is 4.79 Å². The normalized spacial score (nSPS) is 28.5. The Morgan fingerprint density at radius 3 is 1.63 bits per heavy atom.